The number of halogens is 1. The fraction of sp³-hybridized carbons (Fsp3) is 0.200. The first-order valence-electron chi connectivity index (χ1n) is 6.48. The highest BCUT2D eigenvalue weighted by Crippen LogP contribution is 2.20. The zero-order valence-corrected chi connectivity index (χ0v) is 12.9. The average Bonchev–Trinajstić information content (AvgIpc) is 2.52. The predicted molar refractivity (Wildman–Crippen MR) is 84.8 cm³/mol. The van der Waals surface area contributed by atoms with Crippen LogP contribution < -0.4 is 10.6 Å². The summed E-state index contributed by atoms with van der Waals surface area (Å²) < 4.78 is 0.874. The van der Waals surface area contributed by atoms with Crippen molar-refractivity contribution in [2.75, 3.05) is 18.5 Å². The van der Waals surface area contributed by atoms with E-state index in [4.69, 9.17) is 5.11 Å². The maximum atomic E-state index is 11.2. The van der Waals surface area contributed by atoms with Gasteiger partial charge in [-0.15, -0.1) is 0 Å². The van der Waals surface area contributed by atoms with Crippen LogP contribution in [0.25, 0.3) is 0 Å². The van der Waals surface area contributed by atoms with Gasteiger partial charge in [0.25, 0.3) is 0 Å². The van der Waals surface area contributed by atoms with Gasteiger partial charge in [0.15, 0.2) is 0 Å². The van der Waals surface area contributed by atoms with E-state index < -0.39 is 12.5 Å². The molecule has 3 N–H and O–H groups in total. The summed E-state index contributed by atoms with van der Waals surface area (Å²) in [4.78, 5) is 15.4. The van der Waals surface area contributed by atoms with Gasteiger partial charge in [-0.3, -0.25) is 9.78 Å². The van der Waals surface area contributed by atoms with Gasteiger partial charge in [0.2, 0.25) is 5.91 Å². The third kappa shape index (κ3) is 4.84. The van der Waals surface area contributed by atoms with Crippen LogP contribution in [0.2, 0.25) is 0 Å². The molecule has 2 aromatic rings. The van der Waals surface area contributed by atoms with Crippen LogP contribution >= 0.6 is 15.9 Å². The lowest BCUT2D eigenvalue weighted by atomic mass is 10.1. The van der Waals surface area contributed by atoms with E-state index in [0.717, 1.165) is 15.7 Å². The zero-order valence-electron chi connectivity index (χ0n) is 11.3. The van der Waals surface area contributed by atoms with E-state index in [2.05, 4.69) is 31.5 Å². The Labute approximate surface area is 131 Å². The highest BCUT2D eigenvalue weighted by molar-refractivity contribution is 9.10. The molecule has 0 aliphatic heterocycles. The SMILES string of the molecule is O=C(CO)NC[C@H](Nc1cncc(Br)c1)c1ccccc1. The van der Waals surface area contributed by atoms with Gasteiger partial charge in [0, 0.05) is 17.2 Å². The van der Waals surface area contributed by atoms with Crippen LogP contribution in [0.1, 0.15) is 11.6 Å². The van der Waals surface area contributed by atoms with E-state index in [1.54, 1.807) is 12.4 Å². The van der Waals surface area contributed by atoms with Crippen LogP contribution in [0.4, 0.5) is 5.69 Å². The number of aromatic nitrogens is 1. The summed E-state index contributed by atoms with van der Waals surface area (Å²) in [7, 11) is 0. The van der Waals surface area contributed by atoms with Crippen LogP contribution in [0.5, 0.6) is 0 Å². The highest BCUT2D eigenvalue weighted by atomic mass is 79.9. The minimum absolute atomic E-state index is 0.113. The topological polar surface area (TPSA) is 74.2 Å². The van der Waals surface area contributed by atoms with Crippen molar-refractivity contribution in [3.8, 4) is 0 Å². The van der Waals surface area contributed by atoms with Crippen molar-refractivity contribution in [2.45, 2.75) is 6.04 Å². The molecule has 1 heterocycles. The van der Waals surface area contributed by atoms with Gasteiger partial charge in [0.1, 0.15) is 6.61 Å². The molecule has 0 aliphatic carbocycles. The minimum atomic E-state index is -0.514. The number of carbonyl (C=O) groups is 1. The largest absolute Gasteiger partial charge is 0.387 e. The molecule has 1 aromatic heterocycles. The fourth-order valence-corrected chi connectivity index (χ4v) is 2.27. The first-order valence-corrected chi connectivity index (χ1v) is 7.28. The van der Waals surface area contributed by atoms with E-state index in [1.165, 1.54) is 0 Å². The second-order valence-corrected chi connectivity index (χ2v) is 5.38. The van der Waals surface area contributed by atoms with Crippen molar-refractivity contribution in [3.05, 3.63) is 58.8 Å². The highest BCUT2D eigenvalue weighted by Gasteiger charge is 2.12. The summed E-state index contributed by atoms with van der Waals surface area (Å²) in [6, 6.07) is 11.6. The van der Waals surface area contributed by atoms with Crippen LogP contribution in [-0.4, -0.2) is 29.1 Å². The molecule has 1 amide bonds. The van der Waals surface area contributed by atoms with Crippen molar-refractivity contribution in [3.63, 3.8) is 0 Å². The summed E-state index contributed by atoms with van der Waals surface area (Å²) in [5.74, 6) is -0.398. The Balaban J connectivity index is 2.13. The van der Waals surface area contributed by atoms with E-state index >= 15 is 0 Å². The second-order valence-electron chi connectivity index (χ2n) is 4.46. The molecule has 1 aromatic carbocycles. The molecular formula is C15H16BrN3O2. The van der Waals surface area contributed by atoms with Crippen molar-refractivity contribution in [1.29, 1.82) is 0 Å². The van der Waals surface area contributed by atoms with Crippen molar-refractivity contribution in [1.82, 2.24) is 10.3 Å². The first-order chi connectivity index (χ1) is 10.2. The third-order valence-corrected chi connectivity index (χ3v) is 3.33. The second kappa shape index (κ2) is 7.75. The minimum Gasteiger partial charge on any atom is -0.387 e. The smallest absolute Gasteiger partial charge is 0.245 e. The molecular weight excluding hydrogens is 334 g/mol. The molecule has 0 unspecified atom stereocenters. The Morgan fingerprint density at radius 2 is 2.05 bits per heavy atom. The van der Waals surface area contributed by atoms with Gasteiger partial charge in [-0.25, -0.2) is 0 Å². The average molecular weight is 350 g/mol. The van der Waals surface area contributed by atoms with E-state index in [1.807, 2.05) is 36.4 Å². The first kappa shape index (κ1) is 15.5. The van der Waals surface area contributed by atoms with Gasteiger partial charge < -0.3 is 15.7 Å². The van der Waals surface area contributed by atoms with Crippen LogP contribution in [-0.2, 0) is 4.79 Å². The summed E-state index contributed by atoms with van der Waals surface area (Å²) in [6.45, 7) is -0.143. The molecule has 1 atom stereocenters. The van der Waals surface area contributed by atoms with Gasteiger partial charge in [-0.05, 0) is 27.6 Å². The van der Waals surface area contributed by atoms with Gasteiger partial charge in [-0.1, -0.05) is 30.3 Å². The molecule has 0 fully saturated rings. The summed E-state index contributed by atoms with van der Waals surface area (Å²) >= 11 is 3.38. The molecule has 5 nitrogen and oxygen atoms in total. The number of amides is 1. The molecule has 110 valence electrons. The lowest BCUT2D eigenvalue weighted by Crippen LogP contribution is -2.33. The molecule has 0 aliphatic rings. The summed E-state index contributed by atoms with van der Waals surface area (Å²) in [6.07, 6.45) is 3.42. The fourth-order valence-electron chi connectivity index (χ4n) is 1.90. The lowest BCUT2D eigenvalue weighted by molar-refractivity contribution is -0.123. The van der Waals surface area contributed by atoms with Crippen molar-refractivity contribution >= 4 is 27.5 Å². The number of rotatable bonds is 6. The van der Waals surface area contributed by atoms with Gasteiger partial charge >= 0.3 is 0 Å². The molecule has 0 saturated heterocycles. The number of aliphatic hydroxyl groups excluding tert-OH is 1. The number of hydrogen-bond acceptors (Lipinski definition) is 4. The molecule has 0 spiro atoms. The molecule has 0 radical (unpaired) electrons. The molecule has 21 heavy (non-hydrogen) atoms. The van der Waals surface area contributed by atoms with Gasteiger partial charge in [-0.2, -0.15) is 0 Å². The number of hydrogen-bond donors (Lipinski definition) is 3. The Kier molecular flexibility index (Phi) is 5.71. The number of nitrogens with zero attached hydrogens (tertiary/aromatic N) is 1. The quantitative estimate of drug-likeness (QED) is 0.746. The molecule has 0 bridgehead atoms. The van der Waals surface area contributed by atoms with Gasteiger partial charge in [0.05, 0.1) is 17.9 Å². The summed E-state index contributed by atoms with van der Waals surface area (Å²) in [5.41, 5.74) is 1.88. The van der Waals surface area contributed by atoms with E-state index in [9.17, 15) is 4.79 Å². The Morgan fingerprint density at radius 3 is 2.71 bits per heavy atom. The number of pyridine rings is 1. The standard InChI is InChI=1S/C15H16BrN3O2/c16-12-6-13(8-17-7-12)19-14(9-18-15(21)10-20)11-4-2-1-3-5-11/h1-8,14,19-20H,9-10H2,(H,18,21)/t14-/m0/s1. The lowest BCUT2D eigenvalue weighted by Gasteiger charge is -2.20. The maximum absolute atomic E-state index is 11.2. The monoisotopic (exact) mass is 349 g/mol. The van der Waals surface area contributed by atoms with Crippen LogP contribution in [0.3, 0.4) is 0 Å². The normalized spacial score (nSPS) is 11.7. The number of carbonyl (C=O) groups excluding carboxylic acids is 1. The maximum Gasteiger partial charge on any atom is 0.245 e. The third-order valence-electron chi connectivity index (χ3n) is 2.89. The number of nitrogens with one attached hydrogen (secondary N) is 2. The molecule has 2 rings (SSSR count). The number of anilines is 1. The van der Waals surface area contributed by atoms with Crippen molar-refractivity contribution in [2.24, 2.45) is 0 Å². The zero-order chi connectivity index (χ0) is 15.1. The summed E-state index contributed by atoms with van der Waals surface area (Å²) in [5, 5.41) is 14.8. The van der Waals surface area contributed by atoms with Crippen molar-refractivity contribution < 1.29 is 9.90 Å². The van der Waals surface area contributed by atoms with Crippen LogP contribution in [0, 0.1) is 0 Å². The van der Waals surface area contributed by atoms with E-state index in [0.29, 0.717) is 6.54 Å². The Morgan fingerprint density at radius 1 is 1.29 bits per heavy atom. The number of benzene rings is 1. The van der Waals surface area contributed by atoms with Crippen LogP contribution in [0.15, 0.2) is 53.3 Å². The Hall–Kier alpha value is -1.92. The number of aliphatic hydroxyl groups is 1. The Bertz CT molecular complexity index is 592. The predicted octanol–water partition coefficient (Wildman–Crippen LogP) is 2.11. The van der Waals surface area contributed by atoms with E-state index in [-0.39, 0.29) is 6.04 Å². The molecule has 0 saturated carbocycles. The molecule has 6 heteroatoms.